The summed E-state index contributed by atoms with van der Waals surface area (Å²) in [6.07, 6.45) is 1.42. The highest BCUT2D eigenvalue weighted by atomic mass is 35.5. The number of Topliss-reactive ketones (excluding diaryl/α,β-unsaturated/α-hetero) is 1. The Kier molecular flexibility index (Phi) is 9.47. The van der Waals surface area contributed by atoms with Crippen LogP contribution in [0.3, 0.4) is 0 Å². The molecule has 120 valence electrons. The molecule has 2 rings (SSSR count). The fourth-order valence-electron chi connectivity index (χ4n) is 2.49. The van der Waals surface area contributed by atoms with Crippen molar-refractivity contribution < 1.29 is 9.18 Å². The first-order chi connectivity index (χ1) is 10.1. The van der Waals surface area contributed by atoms with Crippen LogP contribution in [0, 0.1) is 5.82 Å². The molecule has 0 unspecified atom stereocenters. The lowest BCUT2D eigenvalue weighted by atomic mass is 9.70. The van der Waals surface area contributed by atoms with E-state index in [4.69, 9.17) is 11.6 Å². The fourth-order valence-corrected chi connectivity index (χ4v) is 2.61. The molecule has 1 aliphatic rings. The minimum atomic E-state index is -0.545. The van der Waals surface area contributed by atoms with Crippen LogP contribution in [0.5, 0.6) is 0 Å². The summed E-state index contributed by atoms with van der Waals surface area (Å²) in [5, 5.41) is 3.32. The van der Waals surface area contributed by atoms with Crippen LogP contribution in [0.1, 0.15) is 53.0 Å². The predicted octanol–water partition coefficient (Wildman–Crippen LogP) is 4.74. The zero-order valence-corrected chi connectivity index (χ0v) is 14.5. The standard InChI is InChI=1S/C13H15ClFNO.2C2H6/c1-9(17)13(4-6-16-7-5-13)10-2-3-11(14)12(15)8-10;2*1-2/h2-3,8,16H,4-7H2,1H3;2*1-2H3. The third kappa shape index (κ3) is 4.79. The molecule has 4 heteroatoms. The molecule has 0 saturated carbocycles. The van der Waals surface area contributed by atoms with Crippen molar-refractivity contribution >= 4 is 17.4 Å². The second kappa shape index (κ2) is 9.91. The number of nitrogens with one attached hydrogen (secondary N) is 1. The molecule has 1 N–H and O–H groups in total. The Morgan fingerprint density at radius 2 is 1.71 bits per heavy atom. The van der Waals surface area contributed by atoms with Gasteiger partial charge in [0.2, 0.25) is 0 Å². The first-order valence-corrected chi connectivity index (χ1v) is 8.11. The van der Waals surface area contributed by atoms with E-state index in [1.165, 1.54) is 12.1 Å². The fraction of sp³-hybridized carbons (Fsp3) is 0.588. The van der Waals surface area contributed by atoms with Gasteiger partial charge < -0.3 is 5.32 Å². The summed E-state index contributed by atoms with van der Waals surface area (Å²) in [5.74, 6) is -0.357. The molecule has 0 bridgehead atoms. The molecule has 1 aliphatic heterocycles. The van der Waals surface area contributed by atoms with Gasteiger partial charge in [0.15, 0.2) is 0 Å². The second-order valence-electron chi connectivity index (χ2n) is 4.52. The third-order valence-corrected chi connectivity index (χ3v) is 3.91. The van der Waals surface area contributed by atoms with Crippen LogP contribution in [-0.4, -0.2) is 18.9 Å². The molecule has 0 aliphatic carbocycles. The number of rotatable bonds is 2. The summed E-state index contributed by atoms with van der Waals surface area (Å²) in [7, 11) is 0. The number of piperidine rings is 1. The second-order valence-corrected chi connectivity index (χ2v) is 4.92. The molecule has 1 fully saturated rings. The molecule has 1 aromatic rings. The normalized spacial score (nSPS) is 16.0. The minimum Gasteiger partial charge on any atom is -0.317 e. The highest BCUT2D eigenvalue weighted by Crippen LogP contribution is 2.35. The van der Waals surface area contributed by atoms with Crippen LogP contribution in [0.25, 0.3) is 0 Å². The zero-order valence-electron chi connectivity index (χ0n) is 13.7. The molecule has 2 nitrogen and oxygen atoms in total. The Morgan fingerprint density at radius 3 is 2.14 bits per heavy atom. The Morgan fingerprint density at radius 1 is 1.19 bits per heavy atom. The first-order valence-electron chi connectivity index (χ1n) is 7.73. The maximum Gasteiger partial charge on any atom is 0.142 e. The Bertz CT molecular complexity index is 442. The lowest BCUT2D eigenvalue weighted by Gasteiger charge is -2.36. The van der Waals surface area contributed by atoms with E-state index in [1.54, 1.807) is 13.0 Å². The molecule has 1 saturated heterocycles. The van der Waals surface area contributed by atoms with Gasteiger partial charge in [-0.1, -0.05) is 45.4 Å². The van der Waals surface area contributed by atoms with Crippen LogP contribution < -0.4 is 5.32 Å². The van der Waals surface area contributed by atoms with E-state index in [2.05, 4.69) is 5.32 Å². The van der Waals surface area contributed by atoms with Crippen LogP contribution in [-0.2, 0) is 10.2 Å². The third-order valence-electron chi connectivity index (χ3n) is 3.60. The molecule has 0 amide bonds. The van der Waals surface area contributed by atoms with Gasteiger partial charge in [-0.3, -0.25) is 4.79 Å². The average Bonchev–Trinajstić information content (AvgIpc) is 2.54. The number of carbonyl (C=O) groups excluding carboxylic acids is 1. The van der Waals surface area contributed by atoms with Gasteiger partial charge >= 0.3 is 0 Å². The van der Waals surface area contributed by atoms with Crippen molar-refractivity contribution in [1.82, 2.24) is 5.32 Å². The molecule has 1 heterocycles. The van der Waals surface area contributed by atoms with Crippen LogP contribution >= 0.6 is 11.6 Å². The number of hydrogen-bond donors (Lipinski definition) is 1. The summed E-state index contributed by atoms with van der Waals surface area (Å²) in [4.78, 5) is 11.9. The number of hydrogen-bond acceptors (Lipinski definition) is 2. The smallest absolute Gasteiger partial charge is 0.142 e. The van der Waals surface area contributed by atoms with E-state index in [0.717, 1.165) is 18.7 Å². The summed E-state index contributed by atoms with van der Waals surface area (Å²) >= 11 is 5.67. The molecule has 21 heavy (non-hydrogen) atoms. The van der Waals surface area contributed by atoms with Crippen LogP contribution in [0.2, 0.25) is 5.02 Å². The van der Waals surface area contributed by atoms with Crippen molar-refractivity contribution in [3.05, 3.63) is 34.6 Å². The molecule has 0 atom stereocenters. The molecule has 0 aromatic heterocycles. The monoisotopic (exact) mass is 315 g/mol. The SMILES string of the molecule is CC.CC.CC(=O)C1(c2ccc(Cl)c(F)c2)CCNCC1. The largest absolute Gasteiger partial charge is 0.317 e. The van der Waals surface area contributed by atoms with E-state index in [0.29, 0.717) is 12.8 Å². The summed E-state index contributed by atoms with van der Waals surface area (Å²) in [6, 6.07) is 4.69. The lowest BCUT2D eigenvalue weighted by molar-refractivity contribution is -0.123. The van der Waals surface area contributed by atoms with E-state index in [9.17, 15) is 9.18 Å². The Hall–Kier alpha value is -0.930. The van der Waals surface area contributed by atoms with Crippen molar-refractivity contribution in [1.29, 1.82) is 0 Å². The average molecular weight is 316 g/mol. The quantitative estimate of drug-likeness (QED) is 0.854. The number of halogens is 2. The van der Waals surface area contributed by atoms with Gasteiger partial charge in [0.25, 0.3) is 0 Å². The summed E-state index contributed by atoms with van der Waals surface area (Å²) in [6.45, 7) is 11.1. The number of carbonyl (C=O) groups is 1. The molecule has 1 aromatic carbocycles. The molecule has 0 spiro atoms. The number of ketones is 1. The summed E-state index contributed by atoms with van der Waals surface area (Å²) < 4.78 is 13.5. The van der Waals surface area contributed by atoms with Crippen molar-refractivity contribution in [3.8, 4) is 0 Å². The van der Waals surface area contributed by atoms with E-state index in [1.807, 2.05) is 27.7 Å². The van der Waals surface area contributed by atoms with Crippen molar-refractivity contribution in [2.24, 2.45) is 0 Å². The minimum absolute atomic E-state index is 0.0979. The van der Waals surface area contributed by atoms with Gasteiger partial charge in [-0.15, -0.1) is 0 Å². The maximum absolute atomic E-state index is 13.5. The predicted molar refractivity (Wildman–Crippen MR) is 88.6 cm³/mol. The number of benzene rings is 1. The van der Waals surface area contributed by atoms with E-state index < -0.39 is 11.2 Å². The van der Waals surface area contributed by atoms with Gasteiger partial charge in [0.05, 0.1) is 10.4 Å². The van der Waals surface area contributed by atoms with Gasteiger partial charge in [0, 0.05) is 0 Å². The highest BCUT2D eigenvalue weighted by molar-refractivity contribution is 6.30. The van der Waals surface area contributed by atoms with Gasteiger partial charge in [-0.2, -0.15) is 0 Å². The van der Waals surface area contributed by atoms with Gasteiger partial charge in [-0.25, -0.2) is 4.39 Å². The van der Waals surface area contributed by atoms with Gasteiger partial charge in [-0.05, 0) is 50.6 Å². The Balaban J connectivity index is 0.000000921. The van der Waals surface area contributed by atoms with Gasteiger partial charge in [0.1, 0.15) is 11.6 Å². The molecule has 0 radical (unpaired) electrons. The van der Waals surface area contributed by atoms with Crippen LogP contribution in [0.15, 0.2) is 18.2 Å². The molecular weight excluding hydrogens is 289 g/mol. The highest BCUT2D eigenvalue weighted by Gasteiger charge is 2.38. The Labute approximate surface area is 133 Å². The lowest BCUT2D eigenvalue weighted by Crippen LogP contribution is -2.44. The van der Waals surface area contributed by atoms with Crippen molar-refractivity contribution in [2.75, 3.05) is 13.1 Å². The first kappa shape index (κ1) is 20.1. The topological polar surface area (TPSA) is 29.1 Å². The van der Waals surface area contributed by atoms with E-state index >= 15 is 0 Å². The van der Waals surface area contributed by atoms with Crippen LogP contribution in [0.4, 0.5) is 4.39 Å². The molecular formula is C17H27ClFNO. The maximum atomic E-state index is 13.5. The zero-order chi connectivity index (χ0) is 16.5. The van der Waals surface area contributed by atoms with Crippen molar-refractivity contribution in [2.45, 2.75) is 52.9 Å². The summed E-state index contributed by atoms with van der Waals surface area (Å²) in [5.41, 5.74) is 0.199. The van der Waals surface area contributed by atoms with E-state index in [-0.39, 0.29) is 10.8 Å². The van der Waals surface area contributed by atoms with Crippen molar-refractivity contribution in [3.63, 3.8) is 0 Å².